The van der Waals surface area contributed by atoms with Gasteiger partial charge in [0, 0.05) is 11.1 Å². The van der Waals surface area contributed by atoms with Crippen LogP contribution < -0.4 is 20.1 Å². The lowest BCUT2D eigenvalue weighted by atomic mass is 10.2. The van der Waals surface area contributed by atoms with Crippen molar-refractivity contribution in [2.45, 2.75) is 0 Å². The zero-order valence-corrected chi connectivity index (χ0v) is 14.6. The molecule has 0 unspecified atom stereocenters. The molecule has 0 atom stereocenters. The van der Waals surface area contributed by atoms with E-state index in [0.29, 0.717) is 22.6 Å². The number of carbonyl (C=O) groups is 2. The van der Waals surface area contributed by atoms with Crippen LogP contribution in [0.4, 0.5) is 11.6 Å². The minimum atomic E-state index is -0.457. The zero-order chi connectivity index (χ0) is 19.2. The average molecular weight is 368 g/mol. The quantitative estimate of drug-likeness (QED) is 0.687. The Kier molecular flexibility index (Phi) is 5.31. The fourth-order valence-corrected chi connectivity index (χ4v) is 2.24. The summed E-state index contributed by atoms with van der Waals surface area (Å²) in [5.41, 5.74) is 0.699. The number of hydrogen-bond donors (Lipinski definition) is 2. The van der Waals surface area contributed by atoms with Gasteiger partial charge < -0.3 is 20.1 Å². The van der Waals surface area contributed by atoms with Gasteiger partial charge >= 0.3 is 0 Å². The van der Waals surface area contributed by atoms with Gasteiger partial charge in [-0.15, -0.1) is 0 Å². The standard InChI is InChI=1S/C18H16N4O5/c1-25-13-7-3-5-11(9-13)17(23)19-15-16(22-27-21-15)20-18(24)12-6-4-8-14(10-12)26-2/h3-10H,1-2H3,(H,19,21,23)(H,20,22,24). The van der Waals surface area contributed by atoms with E-state index in [-0.39, 0.29) is 11.6 Å². The Morgan fingerprint density at radius 2 is 1.26 bits per heavy atom. The van der Waals surface area contributed by atoms with Crippen LogP contribution in [0, 0.1) is 0 Å². The second-order valence-electron chi connectivity index (χ2n) is 5.33. The van der Waals surface area contributed by atoms with E-state index in [4.69, 9.17) is 9.47 Å². The summed E-state index contributed by atoms with van der Waals surface area (Å²) in [5.74, 6) is 0.126. The summed E-state index contributed by atoms with van der Waals surface area (Å²) in [5, 5.41) is 12.3. The molecule has 138 valence electrons. The maximum Gasteiger partial charge on any atom is 0.257 e. The van der Waals surface area contributed by atoms with Crippen molar-refractivity contribution in [3.05, 3.63) is 59.7 Å². The molecule has 9 heteroatoms. The van der Waals surface area contributed by atoms with Gasteiger partial charge in [-0.2, -0.15) is 0 Å². The van der Waals surface area contributed by atoms with Crippen LogP contribution in [0.25, 0.3) is 0 Å². The van der Waals surface area contributed by atoms with E-state index in [0.717, 1.165) is 0 Å². The number of ether oxygens (including phenoxy) is 2. The minimum absolute atomic E-state index is 0.0148. The molecule has 0 bridgehead atoms. The highest BCUT2D eigenvalue weighted by atomic mass is 16.6. The van der Waals surface area contributed by atoms with Crippen molar-refractivity contribution in [1.29, 1.82) is 0 Å². The van der Waals surface area contributed by atoms with Gasteiger partial charge in [0.1, 0.15) is 11.5 Å². The summed E-state index contributed by atoms with van der Waals surface area (Å²) < 4.78 is 14.8. The van der Waals surface area contributed by atoms with Crippen molar-refractivity contribution in [2.75, 3.05) is 24.9 Å². The van der Waals surface area contributed by atoms with E-state index in [1.165, 1.54) is 14.2 Å². The molecular formula is C18H16N4O5. The first-order valence-electron chi connectivity index (χ1n) is 7.84. The van der Waals surface area contributed by atoms with Crippen LogP contribution in [-0.2, 0) is 0 Å². The first kappa shape index (κ1) is 17.9. The van der Waals surface area contributed by atoms with Crippen molar-refractivity contribution in [1.82, 2.24) is 10.3 Å². The molecule has 0 saturated heterocycles. The number of methoxy groups -OCH3 is 2. The Labute approximate surface area is 154 Å². The Hall–Kier alpha value is -3.88. The van der Waals surface area contributed by atoms with E-state index in [1.54, 1.807) is 48.5 Å². The molecule has 0 fully saturated rings. The lowest BCUT2D eigenvalue weighted by Gasteiger charge is -2.07. The van der Waals surface area contributed by atoms with E-state index >= 15 is 0 Å². The minimum Gasteiger partial charge on any atom is -0.497 e. The van der Waals surface area contributed by atoms with Crippen LogP contribution in [0.3, 0.4) is 0 Å². The summed E-state index contributed by atoms with van der Waals surface area (Å²) in [4.78, 5) is 24.7. The third-order valence-electron chi connectivity index (χ3n) is 3.62. The maximum absolute atomic E-state index is 12.4. The smallest absolute Gasteiger partial charge is 0.257 e. The zero-order valence-electron chi connectivity index (χ0n) is 14.6. The monoisotopic (exact) mass is 368 g/mol. The third kappa shape index (κ3) is 4.21. The van der Waals surface area contributed by atoms with E-state index < -0.39 is 11.8 Å². The maximum atomic E-state index is 12.4. The highest BCUT2D eigenvalue weighted by Crippen LogP contribution is 2.20. The lowest BCUT2D eigenvalue weighted by molar-refractivity contribution is 0.101. The van der Waals surface area contributed by atoms with E-state index in [2.05, 4.69) is 25.6 Å². The molecule has 1 aromatic heterocycles. The molecule has 0 saturated carbocycles. The number of rotatable bonds is 6. The molecule has 1 heterocycles. The highest BCUT2D eigenvalue weighted by molar-refractivity contribution is 6.08. The molecule has 0 aliphatic carbocycles. The number of nitrogens with one attached hydrogen (secondary N) is 2. The Balaban J connectivity index is 1.73. The number of anilines is 2. The normalized spacial score (nSPS) is 10.1. The summed E-state index contributed by atoms with van der Waals surface area (Å²) in [6.07, 6.45) is 0. The number of carbonyl (C=O) groups excluding carboxylic acids is 2. The number of nitrogens with zero attached hydrogens (tertiary/aromatic N) is 2. The van der Waals surface area contributed by atoms with Gasteiger partial charge in [-0.1, -0.05) is 12.1 Å². The van der Waals surface area contributed by atoms with Crippen molar-refractivity contribution < 1.29 is 23.7 Å². The molecule has 2 amide bonds. The second-order valence-corrected chi connectivity index (χ2v) is 5.33. The number of hydrogen-bond acceptors (Lipinski definition) is 7. The average Bonchev–Trinajstić information content (AvgIpc) is 3.14. The molecule has 0 spiro atoms. The number of benzene rings is 2. The number of aromatic nitrogens is 2. The van der Waals surface area contributed by atoms with Crippen molar-refractivity contribution in [3.8, 4) is 11.5 Å². The van der Waals surface area contributed by atoms with Gasteiger partial charge in [0.05, 0.1) is 14.2 Å². The summed E-state index contributed by atoms with van der Waals surface area (Å²) >= 11 is 0. The Bertz CT molecular complexity index is 894. The van der Waals surface area contributed by atoms with Gasteiger partial charge in [-0.3, -0.25) is 9.59 Å². The molecule has 3 rings (SSSR count). The first-order valence-corrected chi connectivity index (χ1v) is 7.84. The lowest BCUT2D eigenvalue weighted by Crippen LogP contribution is -2.17. The van der Waals surface area contributed by atoms with Gasteiger partial charge in [-0.05, 0) is 46.7 Å². The molecule has 2 N–H and O–H groups in total. The van der Waals surface area contributed by atoms with Gasteiger partial charge in [0.2, 0.25) is 11.6 Å². The Morgan fingerprint density at radius 1 is 0.815 bits per heavy atom. The fourth-order valence-electron chi connectivity index (χ4n) is 2.24. The highest BCUT2D eigenvalue weighted by Gasteiger charge is 2.18. The van der Waals surface area contributed by atoms with Crippen LogP contribution in [-0.4, -0.2) is 36.3 Å². The van der Waals surface area contributed by atoms with Crippen LogP contribution in [0.5, 0.6) is 11.5 Å². The van der Waals surface area contributed by atoms with Crippen LogP contribution in [0.2, 0.25) is 0 Å². The summed E-state index contributed by atoms with van der Waals surface area (Å²) in [6.45, 7) is 0. The molecule has 9 nitrogen and oxygen atoms in total. The SMILES string of the molecule is COc1cccc(C(=O)Nc2nonc2NC(=O)c2cccc(OC)c2)c1. The largest absolute Gasteiger partial charge is 0.497 e. The van der Waals surface area contributed by atoms with E-state index in [1.807, 2.05) is 0 Å². The fraction of sp³-hybridized carbons (Fsp3) is 0.111. The Morgan fingerprint density at radius 3 is 1.67 bits per heavy atom. The molecule has 2 aromatic carbocycles. The number of amides is 2. The van der Waals surface area contributed by atoms with Gasteiger partial charge in [0.15, 0.2) is 0 Å². The van der Waals surface area contributed by atoms with Crippen LogP contribution in [0.1, 0.15) is 20.7 Å². The third-order valence-corrected chi connectivity index (χ3v) is 3.62. The van der Waals surface area contributed by atoms with Crippen LogP contribution in [0.15, 0.2) is 53.2 Å². The van der Waals surface area contributed by atoms with Crippen molar-refractivity contribution in [3.63, 3.8) is 0 Å². The van der Waals surface area contributed by atoms with Crippen molar-refractivity contribution in [2.24, 2.45) is 0 Å². The predicted octanol–water partition coefficient (Wildman–Crippen LogP) is 2.59. The molecule has 0 aliphatic heterocycles. The summed E-state index contributed by atoms with van der Waals surface area (Å²) in [6, 6.07) is 13.2. The predicted molar refractivity (Wildman–Crippen MR) is 96.2 cm³/mol. The second kappa shape index (κ2) is 8.00. The van der Waals surface area contributed by atoms with Gasteiger partial charge in [0.25, 0.3) is 11.8 Å². The molecule has 0 aliphatic rings. The van der Waals surface area contributed by atoms with Gasteiger partial charge in [-0.25, -0.2) is 4.63 Å². The molecule has 27 heavy (non-hydrogen) atoms. The first-order chi connectivity index (χ1) is 13.1. The van der Waals surface area contributed by atoms with Crippen LogP contribution >= 0.6 is 0 Å². The van der Waals surface area contributed by atoms with E-state index in [9.17, 15) is 9.59 Å². The molecule has 0 radical (unpaired) electrons. The topological polar surface area (TPSA) is 116 Å². The van der Waals surface area contributed by atoms with Crippen molar-refractivity contribution >= 4 is 23.5 Å². The molecular weight excluding hydrogens is 352 g/mol. The molecule has 3 aromatic rings. The summed E-state index contributed by atoms with van der Waals surface area (Å²) in [7, 11) is 3.01.